The molecule has 1 aromatic rings. The molecule has 0 amide bonds. The molecule has 80 valence electrons. The predicted molar refractivity (Wildman–Crippen MR) is 56.2 cm³/mol. The Kier molecular flexibility index (Phi) is 3.58. The summed E-state index contributed by atoms with van der Waals surface area (Å²) in [6.45, 7) is 4.06. The monoisotopic (exact) mass is 206 g/mol. The molecule has 0 saturated heterocycles. The topological polar surface area (TPSA) is 81.8 Å². The minimum Gasteiger partial charge on any atom is -0.388 e. The van der Waals surface area contributed by atoms with Gasteiger partial charge in [0.05, 0.1) is 18.0 Å². The number of anilines is 1. The fraction of sp³-hybridized carbons (Fsp3) is 0.500. The van der Waals surface area contributed by atoms with E-state index in [1.165, 1.54) is 12.4 Å². The van der Waals surface area contributed by atoms with Gasteiger partial charge in [-0.05, 0) is 13.3 Å². The van der Waals surface area contributed by atoms with Gasteiger partial charge in [-0.2, -0.15) is 5.26 Å². The highest BCUT2D eigenvalue weighted by molar-refractivity contribution is 5.33. The van der Waals surface area contributed by atoms with Gasteiger partial charge in [0.15, 0.2) is 5.69 Å². The highest BCUT2D eigenvalue weighted by Gasteiger charge is 2.16. The number of aliphatic hydroxyl groups is 1. The number of nitriles is 1. The summed E-state index contributed by atoms with van der Waals surface area (Å²) in [6.07, 6.45) is 3.52. The molecule has 2 N–H and O–H groups in total. The quantitative estimate of drug-likeness (QED) is 0.765. The Hall–Kier alpha value is -1.67. The van der Waals surface area contributed by atoms with Crippen molar-refractivity contribution in [2.75, 3.05) is 11.9 Å². The predicted octanol–water partition coefficient (Wildman–Crippen LogP) is 0.921. The largest absolute Gasteiger partial charge is 0.388 e. The number of rotatable bonds is 4. The van der Waals surface area contributed by atoms with Crippen LogP contribution in [0.4, 0.5) is 5.82 Å². The van der Waals surface area contributed by atoms with E-state index in [1.807, 2.05) is 13.0 Å². The number of nitrogens with zero attached hydrogens (tertiary/aromatic N) is 3. The zero-order valence-corrected chi connectivity index (χ0v) is 8.86. The molecule has 1 rings (SSSR count). The van der Waals surface area contributed by atoms with E-state index in [-0.39, 0.29) is 5.69 Å². The van der Waals surface area contributed by atoms with Crippen molar-refractivity contribution in [1.29, 1.82) is 5.26 Å². The molecule has 0 saturated carbocycles. The Bertz CT molecular complexity index is 353. The van der Waals surface area contributed by atoms with Crippen molar-refractivity contribution >= 4 is 5.82 Å². The van der Waals surface area contributed by atoms with Crippen LogP contribution in [0.5, 0.6) is 0 Å². The molecule has 1 aromatic heterocycles. The molecule has 5 heteroatoms. The van der Waals surface area contributed by atoms with Gasteiger partial charge in [0.1, 0.15) is 11.9 Å². The third-order valence-electron chi connectivity index (χ3n) is 2.18. The van der Waals surface area contributed by atoms with Crippen molar-refractivity contribution in [3.63, 3.8) is 0 Å². The van der Waals surface area contributed by atoms with Gasteiger partial charge in [-0.1, -0.05) is 6.92 Å². The van der Waals surface area contributed by atoms with Gasteiger partial charge in [0.25, 0.3) is 0 Å². The fourth-order valence-corrected chi connectivity index (χ4v) is 0.883. The second kappa shape index (κ2) is 4.71. The SMILES string of the molecule is CCC(C)(O)CNc1cnc(C#N)cn1. The average Bonchev–Trinajstić information content (AvgIpc) is 2.27. The summed E-state index contributed by atoms with van der Waals surface area (Å²) < 4.78 is 0. The molecule has 0 radical (unpaired) electrons. The van der Waals surface area contributed by atoms with Crippen molar-refractivity contribution in [3.8, 4) is 6.07 Å². The van der Waals surface area contributed by atoms with Crippen molar-refractivity contribution in [1.82, 2.24) is 9.97 Å². The summed E-state index contributed by atoms with van der Waals surface area (Å²) in [4.78, 5) is 7.84. The zero-order valence-electron chi connectivity index (χ0n) is 8.86. The first-order valence-electron chi connectivity index (χ1n) is 4.76. The average molecular weight is 206 g/mol. The van der Waals surface area contributed by atoms with Crippen LogP contribution in [0, 0.1) is 11.3 Å². The van der Waals surface area contributed by atoms with Gasteiger partial charge in [0.2, 0.25) is 0 Å². The number of hydrogen-bond acceptors (Lipinski definition) is 5. The lowest BCUT2D eigenvalue weighted by Crippen LogP contribution is -2.32. The van der Waals surface area contributed by atoms with Gasteiger partial charge in [-0.25, -0.2) is 9.97 Å². The van der Waals surface area contributed by atoms with E-state index in [4.69, 9.17) is 5.26 Å². The van der Waals surface area contributed by atoms with Gasteiger partial charge in [-0.3, -0.25) is 0 Å². The summed E-state index contributed by atoms with van der Waals surface area (Å²) in [5, 5.41) is 21.2. The molecule has 0 aliphatic heterocycles. The van der Waals surface area contributed by atoms with Crippen LogP contribution >= 0.6 is 0 Å². The van der Waals surface area contributed by atoms with Gasteiger partial charge in [-0.15, -0.1) is 0 Å². The Balaban J connectivity index is 2.56. The van der Waals surface area contributed by atoms with E-state index in [2.05, 4.69) is 15.3 Å². The van der Waals surface area contributed by atoms with E-state index in [9.17, 15) is 5.11 Å². The van der Waals surface area contributed by atoms with Gasteiger partial charge >= 0.3 is 0 Å². The molecule has 1 atom stereocenters. The van der Waals surface area contributed by atoms with Crippen molar-refractivity contribution < 1.29 is 5.11 Å². The Labute approximate surface area is 88.8 Å². The maximum Gasteiger partial charge on any atom is 0.158 e. The normalized spacial score (nSPS) is 14.0. The van der Waals surface area contributed by atoms with E-state index in [0.29, 0.717) is 18.8 Å². The molecule has 0 aromatic carbocycles. The van der Waals surface area contributed by atoms with E-state index in [1.54, 1.807) is 6.92 Å². The van der Waals surface area contributed by atoms with Crippen LogP contribution in [-0.4, -0.2) is 27.2 Å². The van der Waals surface area contributed by atoms with E-state index in [0.717, 1.165) is 0 Å². The molecule has 0 spiro atoms. The lowest BCUT2D eigenvalue weighted by atomic mass is 10.0. The zero-order chi connectivity index (χ0) is 11.3. The smallest absolute Gasteiger partial charge is 0.158 e. The molecule has 0 bridgehead atoms. The summed E-state index contributed by atoms with van der Waals surface area (Å²) >= 11 is 0. The molecule has 1 heterocycles. The first kappa shape index (κ1) is 11.4. The minimum atomic E-state index is -0.754. The van der Waals surface area contributed by atoms with Crippen LogP contribution in [-0.2, 0) is 0 Å². The Morgan fingerprint density at radius 2 is 2.27 bits per heavy atom. The minimum absolute atomic E-state index is 0.280. The Morgan fingerprint density at radius 3 is 2.73 bits per heavy atom. The van der Waals surface area contributed by atoms with Crippen LogP contribution in [0.1, 0.15) is 26.0 Å². The summed E-state index contributed by atoms with van der Waals surface area (Å²) in [5.41, 5.74) is -0.474. The Morgan fingerprint density at radius 1 is 1.53 bits per heavy atom. The number of nitrogens with one attached hydrogen (secondary N) is 1. The molecule has 5 nitrogen and oxygen atoms in total. The second-order valence-electron chi connectivity index (χ2n) is 3.60. The summed E-state index contributed by atoms with van der Waals surface area (Å²) in [5.74, 6) is 0.558. The first-order valence-corrected chi connectivity index (χ1v) is 4.76. The molecule has 0 aliphatic carbocycles. The maximum absolute atomic E-state index is 9.72. The highest BCUT2D eigenvalue weighted by atomic mass is 16.3. The van der Waals surface area contributed by atoms with Gasteiger partial charge < -0.3 is 10.4 Å². The van der Waals surface area contributed by atoms with Crippen LogP contribution in [0.3, 0.4) is 0 Å². The first-order chi connectivity index (χ1) is 7.07. The maximum atomic E-state index is 9.72. The number of hydrogen-bond donors (Lipinski definition) is 2. The molecule has 1 unspecified atom stereocenters. The third kappa shape index (κ3) is 3.52. The third-order valence-corrected chi connectivity index (χ3v) is 2.18. The lowest BCUT2D eigenvalue weighted by molar-refractivity contribution is 0.0696. The van der Waals surface area contributed by atoms with Crippen LogP contribution in [0.15, 0.2) is 12.4 Å². The molecule has 15 heavy (non-hydrogen) atoms. The molecule has 0 fully saturated rings. The van der Waals surface area contributed by atoms with E-state index < -0.39 is 5.60 Å². The van der Waals surface area contributed by atoms with Crippen LogP contribution in [0.25, 0.3) is 0 Å². The van der Waals surface area contributed by atoms with Crippen LogP contribution < -0.4 is 5.32 Å². The standard InChI is InChI=1S/C10H14N4O/c1-3-10(2,15)7-14-9-6-12-8(4-11)5-13-9/h5-6,15H,3,7H2,1-2H3,(H,13,14). The van der Waals surface area contributed by atoms with Gasteiger partial charge in [0, 0.05) is 6.54 Å². The molecule has 0 aliphatic rings. The summed E-state index contributed by atoms with van der Waals surface area (Å²) in [6, 6.07) is 1.89. The lowest BCUT2D eigenvalue weighted by Gasteiger charge is -2.21. The summed E-state index contributed by atoms with van der Waals surface area (Å²) in [7, 11) is 0. The molecular formula is C10H14N4O. The van der Waals surface area contributed by atoms with Crippen molar-refractivity contribution in [3.05, 3.63) is 18.1 Å². The highest BCUT2D eigenvalue weighted by Crippen LogP contribution is 2.09. The van der Waals surface area contributed by atoms with E-state index >= 15 is 0 Å². The second-order valence-corrected chi connectivity index (χ2v) is 3.60. The van der Waals surface area contributed by atoms with Crippen molar-refractivity contribution in [2.24, 2.45) is 0 Å². The number of aromatic nitrogens is 2. The van der Waals surface area contributed by atoms with Crippen LogP contribution in [0.2, 0.25) is 0 Å². The molecular weight excluding hydrogens is 192 g/mol. The van der Waals surface area contributed by atoms with Crippen molar-refractivity contribution in [2.45, 2.75) is 25.9 Å². The fourth-order valence-electron chi connectivity index (χ4n) is 0.883.